The molecule has 0 aromatic carbocycles. The van der Waals surface area contributed by atoms with E-state index in [1.54, 1.807) is 6.92 Å². The highest BCUT2D eigenvalue weighted by Crippen LogP contribution is 2.01. The maximum absolute atomic E-state index is 10.5. The SMILES string of the molecule is CC/C=C/CCCCC(C)=O. The lowest BCUT2D eigenvalue weighted by molar-refractivity contribution is -0.117. The summed E-state index contributed by atoms with van der Waals surface area (Å²) in [6.45, 7) is 3.79. The summed E-state index contributed by atoms with van der Waals surface area (Å²) in [6, 6.07) is 0. The second kappa shape index (κ2) is 7.52. The lowest BCUT2D eigenvalue weighted by Gasteiger charge is -1.92. The summed E-state index contributed by atoms with van der Waals surface area (Å²) >= 11 is 0. The molecule has 0 saturated heterocycles. The zero-order valence-electron chi connectivity index (χ0n) is 7.60. The van der Waals surface area contributed by atoms with Crippen molar-refractivity contribution in [3.63, 3.8) is 0 Å². The molecule has 64 valence electrons. The van der Waals surface area contributed by atoms with E-state index in [0.717, 1.165) is 32.1 Å². The van der Waals surface area contributed by atoms with Crippen LogP contribution in [-0.4, -0.2) is 5.78 Å². The summed E-state index contributed by atoms with van der Waals surface area (Å²) in [5.41, 5.74) is 0. The maximum Gasteiger partial charge on any atom is 0.129 e. The van der Waals surface area contributed by atoms with Crippen LogP contribution in [0.3, 0.4) is 0 Å². The first kappa shape index (κ1) is 10.4. The standard InChI is InChI=1S/C10H18O/c1-3-4-5-6-7-8-9-10(2)11/h4-5H,3,6-9H2,1-2H3/b5-4+. The Morgan fingerprint density at radius 2 is 2.00 bits per heavy atom. The molecule has 0 radical (unpaired) electrons. The molecule has 0 aromatic heterocycles. The first-order chi connectivity index (χ1) is 5.27. The fraction of sp³-hybridized carbons (Fsp3) is 0.700. The van der Waals surface area contributed by atoms with E-state index < -0.39 is 0 Å². The molecular weight excluding hydrogens is 136 g/mol. The Morgan fingerprint density at radius 1 is 1.27 bits per heavy atom. The van der Waals surface area contributed by atoms with Crippen molar-refractivity contribution in [1.82, 2.24) is 0 Å². The average Bonchev–Trinajstić information content (AvgIpc) is 1.96. The van der Waals surface area contributed by atoms with E-state index in [-0.39, 0.29) is 0 Å². The van der Waals surface area contributed by atoms with E-state index in [4.69, 9.17) is 0 Å². The molecule has 0 rings (SSSR count). The monoisotopic (exact) mass is 154 g/mol. The van der Waals surface area contributed by atoms with Gasteiger partial charge in [-0.2, -0.15) is 0 Å². The van der Waals surface area contributed by atoms with Crippen LogP contribution in [0.15, 0.2) is 12.2 Å². The zero-order chi connectivity index (χ0) is 8.53. The van der Waals surface area contributed by atoms with Crippen molar-refractivity contribution in [2.75, 3.05) is 0 Å². The molecule has 0 aliphatic carbocycles. The highest BCUT2D eigenvalue weighted by molar-refractivity contribution is 5.75. The van der Waals surface area contributed by atoms with Gasteiger partial charge >= 0.3 is 0 Å². The summed E-state index contributed by atoms with van der Waals surface area (Å²) in [5, 5.41) is 0. The average molecular weight is 154 g/mol. The second-order valence-electron chi connectivity index (χ2n) is 2.83. The van der Waals surface area contributed by atoms with Gasteiger partial charge in [0.2, 0.25) is 0 Å². The molecule has 11 heavy (non-hydrogen) atoms. The zero-order valence-corrected chi connectivity index (χ0v) is 7.60. The molecule has 0 amide bonds. The number of Topliss-reactive ketones (excluding diaryl/α,β-unsaturated/α-hetero) is 1. The van der Waals surface area contributed by atoms with Gasteiger partial charge in [0.25, 0.3) is 0 Å². The lowest BCUT2D eigenvalue weighted by Crippen LogP contribution is -1.88. The number of rotatable bonds is 6. The smallest absolute Gasteiger partial charge is 0.129 e. The largest absolute Gasteiger partial charge is 0.300 e. The molecule has 0 heterocycles. The Kier molecular flexibility index (Phi) is 7.11. The van der Waals surface area contributed by atoms with Gasteiger partial charge in [-0.25, -0.2) is 0 Å². The number of allylic oxidation sites excluding steroid dienone is 2. The second-order valence-corrected chi connectivity index (χ2v) is 2.83. The molecule has 1 nitrogen and oxygen atoms in total. The highest BCUT2D eigenvalue weighted by atomic mass is 16.1. The summed E-state index contributed by atoms with van der Waals surface area (Å²) < 4.78 is 0. The molecule has 0 spiro atoms. The quantitative estimate of drug-likeness (QED) is 0.424. The molecule has 0 saturated carbocycles. The van der Waals surface area contributed by atoms with Gasteiger partial charge in [0.1, 0.15) is 5.78 Å². The maximum atomic E-state index is 10.5. The number of hydrogen-bond acceptors (Lipinski definition) is 1. The van der Waals surface area contributed by atoms with Crippen molar-refractivity contribution < 1.29 is 4.79 Å². The van der Waals surface area contributed by atoms with E-state index in [0.29, 0.717) is 5.78 Å². The predicted molar refractivity (Wildman–Crippen MR) is 48.6 cm³/mol. The van der Waals surface area contributed by atoms with E-state index >= 15 is 0 Å². The van der Waals surface area contributed by atoms with E-state index in [2.05, 4.69) is 19.1 Å². The molecule has 1 heteroatoms. The molecule has 0 bridgehead atoms. The normalized spacial score (nSPS) is 10.7. The van der Waals surface area contributed by atoms with Crippen LogP contribution in [0.25, 0.3) is 0 Å². The molecular formula is C10H18O. The van der Waals surface area contributed by atoms with Crippen LogP contribution in [0.4, 0.5) is 0 Å². The van der Waals surface area contributed by atoms with Gasteiger partial charge in [-0.15, -0.1) is 0 Å². The third-order valence-electron chi connectivity index (χ3n) is 1.55. The van der Waals surface area contributed by atoms with E-state index in [1.807, 2.05) is 0 Å². The molecule has 0 unspecified atom stereocenters. The van der Waals surface area contributed by atoms with Crippen molar-refractivity contribution in [3.05, 3.63) is 12.2 Å². The predicted octanol–water partition coefficient (Wildman–Crippen LogP) is 3.10. The van der Waals surface area contributed by atoms with Gasteiger partial charge in [0, 0.05) is 6.42 Å². The fourth-order valence-corrected chi connectivity index (χ4v) is 0.921. The minimum atomic E-state index is 0.310. The highest BCUT2D eigenvalue weighted by Gasteiger charge is 1.90. The molecule has 0 aliphatic rings. The lowest BCUT2D eigenvalue weighted by atomic mass is 10.1. The Hall–Kier alpha value is -0.590. The Morgan fingerprint density at radius 3 is 2.55 bits per heavy atom. The number of carbonyl (C=O) groups excluding carboxylic acids is 1. The van der Waals surface area contributed by atoms with E-state index in [1.165, 1.54) is 0 Å². The van der Waals surface area contributed by atoms with Crippen molar-refractivity contribution >= 4 is 5.78 Å². The van der Waals surface area contributed by atoms with Crippen LogP contribution in [0, 0.1) is 0 Å². The minimum Gasteiger partial charge on any atom is -0.300 e. The van der Waals surface area contributed by atoms with Crippen molar-refractivity contribution in [1.29, 1.82) is 0 Å². The Bertz CT molecular complexity index is 125. The third kappa shape index (κ3) is 9.41. The van der Waals surface area contributed by atoms with Crippen LogP contribution in [0.2, 0.25) is 0 Å². The topological polar surface area (TPSA) is 17.1 Å². The molecule has 0 atom stereocenters. The Balaban J connectivity index is 3.02. The number of hydrogen-bond donors (Lipinski definition) is 0. The molecule has 0 fully saturated rings. The fourth-order valence-electron chi connectivity index (χ4n) is 0.921. The number of carbonyl (C=O) groups is 1. The van der Waals surface area contributed by atoms with Gasteiger partial charge < -0.3 is 4.79 Å². The van der Waals surface area contributed by atoms with Gasteiger partial charge in [-0.05, 0) is 32.6 Å². The number of unbranched alkanes of at least 4 members (excludes halogenated alkanes) is 2. The van der Waals surface area contributed by atoms with Crippen LogP contribution in [0.1, 0.15) is 46.0 Å². The van der Waals surface area contributed by atoms with Crippen LogP contribution in [0.5, 0.6) is 0 Å². The van der Waals surface area contributed by atoms with E-state index in [9.17, 15) is 4.79 Å². The number of ketones is 1. The van der Waals surface area contributed by atoms with Gasteiger partial charge in [0.05, 0.1) is 0 Å². The molecule has 0 N–H and O–H groups in total. The van der Waals surface area contributed by atoms with Crippen LogP contribution < -0.4 is 0 Å². The van der Waals surface area contributed by atoms with Crippen molar-refractivity contribution in [2.45, 2.75) is 46.0 Å². The summed E-state index contributed by atoms with van der Waals surface area (Å²) in [4.78, 5) is 10.5. The van der Waals surface area contributed by atoms with Gasteiger partial charge in [-0.3, -0.25) is 0 Å². The first-order valence-corrected chi connectivity index (χ1v) is 4.41. The first-order valence-electron chi connectivity index (χ1n) is 4.41. The summed E-state index contributed by atoms with van der Waals surface area (Å²) in [5.74, 6) is 0.310. The third-order valence-corrected chi connectivity index (χ3v) is 1.55. The van der Waals surface area contributed by atoms with Crippen molar-refractivity contribution in [3.8, 4) is 0 Å². The van der Waals surface area contributed by atoms with Gasteiger partial charge in [0.15, 0.2) is 0 Å². The molecule has 0 aromatic rings. The Labute approximate surface area is 69.5 Å². The van der Waals surface area contributed by atoms with Crippen LogP contribution >= 0.6 is 0 Å². The van der Waals surface area contributed by atoms with Gasteiger partial charge in [-0.1, -0.05) is 19.1 Å². The van der Waals surface area contributed by atoms with Crippen LogP contribution in [-0.2, 0) is 4.79 Å². The summed E-state index contributed by atoms with van der Waals surface area (Å²) in [7, 11) is 0. The molecule has 0 aliphatic heterocycles. The summed E-state index contributed by atoms with van der Waals surface area (Å²) in [6.07, 6.45) is 9.56. The minimum absolute atomic E-state index is 0.310. The van der Waals surface area contributed by atoms with Crippen molar-refractivity contribution in [2.24, 2.45) is 0 Å².